The Hall–Kier alpha value is -2.53. The van der Waals surface area contributed by atoms with Gasteiger partial charge in [-0.1, -0.05) is 0 Å². The minimum absolute atomic E-state index is 0.161. The minimum Gasteiger partial charge on any atom is -0.378 e. The quantitative estimate of drug-likeness (QED) is 0.552. The molecule has 0 saturated carbocycles. The molecule has 1 aromatic heterocycles. The summed E-state index contributed by atoms with van der Waals surface area (Å²) in [6.07, 6.45) is 0. The van der Waals surface area contributed by atoms with Gasteiger partial charge in [-0.3, -0.25) is 4.79 Å². The maximum Gasteiger partial charge on any atom is 0.248 e. The molecule has 2 atom stereocenters. The van der Waals surface area contributed by atoms with E-state index in [0.717, 1.165) is 16.6 Å². The lowest BCUT2D eigenvalue weighted by Gasteiger charge is -2.30. The van der Waals surface area contributed by atoms with E-state index in [1.54, 1.807) is 30.3 Å². The summed E-state index contributed by atoms with van der Waals surface area (Å²) in [5.74, 6) is 0. The number of aromatic amines is 1. The molecule has 0 aliphatic carbocycles. The highest BCUT2D eigenvalue weighted by atomic mass is 32.2. The summed E-state index contributed by atoms with van der Waals surface area (Å²) >= 11 is 0. The van der Waals surface area contributed by atoms with Gasteiger partial charge in [0.25, 0.3) is 0 Å². The Labute approximate surface area is 178 Å². The second-order valence-electron chi connectivity index (χ2n) is 6.97. The number of ether oxygens (including phenoxy) is 1. The molecule has 1 aliphatic heterocycles. The Morgan fingerprint density at radius 2 is 1.87 bits per heavy atom. The fourth-order valence-electron chi connectivity index (χ4n) is 3.48. The van der Waals surface area contributed by atoms with Crippen molar-refractivity contribution in [2.24, 2.45) is 5.14 Å². The third-order valence-corrected chi connectivity index (χ3v) is 6.84. The molecule has 2 aromatic carbocycles. The molecule has 1 saturated heterocycles. The van der Waals surface area contributed by atoms with Crippen LogP contribution in [0, 0.1) is 6.92 Å². The summed E-state index contributed by atoms with van der Waals surface area (Å²) in [6, 6.07) is 12.0. The third kappa shape index (κ3) is 4.31. The number of hydrogen-bond acceptors (Lipinski definition) is 5. The molecular formula is C20H22N4O4S2. The molecule has 30 heavy (non-hydrogen) atoms. The Balaban J connectivity index is 1.69. The monoisotopic (exact) mass is 446 g/mol. The Bertz CT molecular complexity index is 1210. The van der Waals surface area contributed by atoms with Crippen molar-refractivity contribution in [3.63, 3.8) is 0 Å². The second kappa shape index (κ2) is 8.68. The summed E-state index contributed by atoms with van der Waals surface area (Å²) in [4.78, 5) is 17.5. The van der Waals surface area contributed by atoms with Crippen molar-refractivity contribution in [2.75, 3.05) is 35.9 Å². The van der Waals surface area contributed by atoms with Crippen LogP contribution in [-0.2, 0) is 26.7 Å². The van der Waals surface area contributed by atoms with Crippen LogP contribution in [0.2, 0.25) is 0 Å². The van der Waals surface area contributed by atoms with Crippen molar-refractivity contribution in [1.82, 2.24) is 4.98 Å². The van der Waals surface area contributed by atoms with Gasteiger partial charge in [0.15, 0.2) is 11.0 Å². The molecule has 8 nitrogen and oxygen atoms in total. The van der Waals surface area contributed by atoms with Gasteiger partial charge < -0.3 is 19.3 Å². The van der Waals surface area contributed by atoms with E-state index in [1.165, 1.54) is 6.07 Å². The number of H-pyrrole nitrogens is 1. The predicted molar refractivity (Wildman–Crippen MR) is 119 cm³/mol. The number of nitrogens with zero attached hydrogens (tertiary/aromatic N) is 1. The first-order valence-electron chi connectivity index (χ1n) is 9.37. The van der Waals surface area contributed by atoms with Gasteiger partial charge in [-0.25, -0.2) is 13.6 Å². The molecule has 0 amide bonds. The van der Waals surface area contributed by atoms with Crippen molar-refractivity contribution >= 4 is 44.2 Å². The Kier molecular flexibility index (Phi) is 6.00. The van der Waals surface area contributed by atoms with Crippen LogP contribution in [0.25, 0.3) is 10.9 Å². The molecule has 2 heterocycles. The fraction of sp³-hybridized carbons (Fsp3) is 0.250. The average molecular weight is 447 g/mol. The first-order chi connectivity index (χ1) is 14.4. The number of hydrogen-bond donors (Lipinski definition) is 3. The summed E-state index contributed by atoms with van der Waals surface area (Å²) in [7, 11) is -3.30. The van der Waals surface area contributed by atoms with E-state index < -0.39 is 22.0 Å². The van der Waals surface area contributed by atoms with Gasteiger partial charge in [0.1, 0.15) is 11.0 Å². The van der Waals surface area contributed by atoms with Crippen LogP contribution < -0.4 is 20.3 Å². The molecular weight excluding hydrogens is 424 g/mol. The lowest BCUT2D eigenvalue weighted by atomic mass is 10.1. The number of pyridine rings is 1. The molecule has 158 valence electrons. The zero-order valence-electron chi connectivity index (χ0n) is 16.3. The van der Waals surface area contributed by atoms with E-state index in [2.05, 4.69) is 14.6 Å². The van der Waals surface area contributed by atoms with Crippen LogP contribution in [0.3, 0.4) is 0 Å². The van der Waals surface area contributed by atoms with Gasteiger partial charge in [-0.05, 0) is 48.9 Å². The van der Waals surface area contributed by atoms with Crippen molar-refractivity contribution in [3.05, 3.63) is 58.4 Å². The van der Waals surface area contributed by atoms with E-state index in [4.69, 9.17) is 9.88 Å². The number of aryl methyl sites for hydroxylation is 1. The minimum atomic E-state index is -1.68. The molecule has 0 bridgehead atoms. The molecule has 2 unspecified atom stereocenters. The largest absolute Gasteiger partial charge is 0.378 e. The number of rotatable bonds is 5. The Morgan fingerprint density at radius 3 is 2.60 bits per heavy atom. The lowest BCUT2D eigenvalue weighted by Crippen LogP contribution is -2.37. The van der Waals surface area contributed by atoms with Crippen molar-refractivity contribution < 1.29 is 13.2 Å². The highest BCUT2D eigenvalue weighted by Gasteiger charge is 2.20. The zero-order chi connectivity index (χ0) is 21.3. The normalized spacial score (nSPS) is 16.4. The second-order valence-corrected chi connectivity index (χ2v) is 9.22. The molecule has 0 spiro atoms. The molecule has 1 aliphatic rings. The first kappa shape index (κ1) is 20.7. The number of nitrogens with two attached hydrogens (primary N) is 1. The van der Waals surface area contributed by atoms with Crippen LogP contribution in [-0.4, -0.2) is 39.7 Å². The smallest absolute Gasteiger partial charge is 0.248 e. The fourth-order valence-corrected chi connectivity index (χ4v) is 5.06. The van der Waals surface area contributed by atoms with E-state index in [-0.39, 0.29) is 5.56 Å². The van der Waals surface area contributed by atoms with Gasteiger partial charge in [0.2, 0.25) is 5.56 Å². The molecule has 3 aromatic rings. The maximum atomic E-state index is 13.3. The summed E-state index contributed by atoms with van der Waals surface area (Å²) in [6.45, 7) is 4.39. The summed E-state index contributed by atoms with van der Waals surface area (Å²) in [5.41, 5.74) is 2.82. The lowest BCUT2D eigenvalue weighted by molar-refractivity contribution is 0.122. The number of anilines is 2. The zero-order valence-corrected chi connectivity index (χ0v) is 18.0. The Morgan fingerprint density at radius 1 is 1.10 bits per heavy atom. The van der Waals surface area contributed by atoms with Crippen LogP contribution in [0.15, 0.2) is 57.1 Å². The highest BCUT2D eigenvalue weighted by Crippen LogP contribution is 2.29. The molecule has 0 radical (unpaired) electrons. The SMILES string of the molecule is Cc1cc(=O)[nH]c2ccc(NS(=O)c3cc(S(N)=O)ccc3N3CCOCC3)cc12. The molecule has 4 rings (SSSR count). The predicted octanol–water partition coefficient (Wildman–Crippen LogP) is 1.79. The number of morpholine rings is 1. The first-order valence-corrected chi connectivity index (χ1v) is 11.7. The van der Waals surface area contributed by atoms with E-state index in [1.807, 2.05) is 13.0 Å². The molecule has 1 fully saturated rings. The standard InChI is InChI=1S/C20H22N4O4S2/c1-13-10-20(25)22-17-4-2-14(11-16(13)17)23-30(27)19-12-15(29(21)26)3-5-18(19)24-6-8-28-9-7-24/h2-5,10-12,23H,6-9,21H2,1H3,(H,22,25). The third-order valence-electron chi connectivity index (χ3n) is 4.98. The summed E-state index contributed by atoms with van der Waals surface area (Å²) < 4.78 is 33.5. The van der Waals surface area contributed by atoms with Crippen LogP contribution in [0.5, 0.6) is 0 Å². The highest BCUT2D eigenvalue weighted by molar-refractivity contribution is 7.86. The average Bonchev–Trinajstić information content (AvgIpc) is 2.74. The number of aromatic nitrogens is 1. The van der Waals surface area contributed by atoms with Crippen molar-refractivity contribution in [3.8, 4) is 0 Å². The number of nitrogens with one attached hydrogen (secondary N) is 2. The van der Waals surface area contributed by atoms with Gasteiger partial charge in [-0.2, -0.15) is 0 Å². The van der Waals surface area contributed by atoms with Crippen LogP contribution in [0.1, 0.15) is 5.56 Å². The van der Waals surface area contributed by atoms with Gasteiger partial charge >= 0.3 is 0 Å². The maximum absolute atomic E-state index is 13.3. The molecule has 10 heteroatoms. The number of fused-ring (bicyclic) bond motifs is 1. The van der Waals surface area contributed by atoms with Crippen LogP contribution >= 0.6 is 0 Å². The van der Waals surface area contributed by atoms with Crippen molar-refractivity contribution in [2.45, 2.75) is 16.7 Å². The topological polar surface area (TPSA) is 118 Å². The van der Waals surface area contributed by atoms with Gasteiger partial charge in [0, 0.05) is 35.7 Å². The summed E-state index contributed by atoms with van der Waals surface area (Å²) in [5, 5.41) is 6.41. The van der Waals surface area contributed by atoms with E-state index >= 15 is 0 Å². The van der Waals surface area contributed by atoms with Crippen molar-refractivity contribution in [1.29, 1.82) is 0 Å². The van der Waals surface area contributed by atoms with Crippen LogP contribution in [0.4, 0.5) is 11.4 Å². The van der Waals surface area contributed by atoms with E-state index in [0.29, 0.717) is 47.3 Å². The molecule has 4 N–H and O–H groups in total. The number of benzene rings is 2. The van der Waals surface area contributed by atoms with Gasteiger partial charge in [0.05, 0.1) is 28.7 Å². The van der Waals surface area contributed by atoms with Gasteiger partial charge in [-0.15, -0.1) is 0 Å². The van der Waals surface area contributed by atoms with E-state index in [9.17, 15) is 13.2 Å².